The van der Waals surface area contributed by atoms with Gasteiger partial charge in [0.25, 0.3) is 0 Å². The van der Waals surface area contributed by atoms with Gasteiger partial charge in [0.15, 0.2) is 0 Å². The van der Waals surface area contributed by atoms with E-state index in [-0.39, 0.29) is 18.3 Å². The van der Waals surface area contributed by atoms with Gasteiger partial charge in [-0.3, -0.25) is 4.57 Å². The van der Waals surface area contributed by atoms with Gasteiger partial charge in [-0.05, 0) is 12.3 Å². The molecule has 0 aromatic heterocycles. The Morgan fingerprint density at radius 1 is 1.45 bits per heavy atom. The summed E-state index contributed by atoms with van der Waals surface area (Å²) in [5, 5.41) is 0. The van der Waals surface area contributed by atoms with E-state index < -0.39 is 13.4 Å². The van der Waals surface area contributed by atoms with Crippen molar-refractivity contribution in [3.8, 4) is 0 Å². The van der Waals surface area contributed by atoms with E-state index in [9.17, 15) is 4.57 Å². The second kappa shape index (κ2) is 5.12. The molecule has 1 atom stereocenters. The highest BCUT2D eigenvalue weighted by atomic mass is 35.5. The van der Waals surface area contributed by atoms with Crippen LogP contribution in [0.2, 0.25) is 0 Å². The van der Waals surface area contributed by atoms with Crippen molar-refractivity contribution in [2.45, 2.75) is 26.1 Å². The van der Waals surface area contributed by atoms with Crippen LogP contribution in [-0.4, -0.2) is 15.6 Å². The summed E-state index contributed by atoms with van der Waals surface area (Å²) in [6.07, 6.45) is 0.365. The number of rotatable bonds is 3. The lowest BCUT2D eigenvalue weighted by molar-refractivity contribution is 0.348. The van der Waals surface area contributed by atoms with E-state index >= 15 is 0 Å². The Bertz CT molecular complexity index is 147. The first-order valence-electron chi connectivity index (χ1n) is 3.15. The Morgan fingerprint density at radius 2 is 1.82 bits per heavy atom. The Kier molecular flexibility index (Phi) is 6.49. The van der Waals surface area contributed by atoms with E-state index in [0.717, 1.165) is 0 Å². The van der Waals surface area contributed by atoms with E-state index in [0.29, 0.717) is 6.42 Å². The van der Waals surface area contributed by atoms with Gasteiger partial charge in [-0.15, -0.1) is 12.4 Å². The molecule has 6 heteroatoms. The molecule has 4 nitrogen and oxygen atoms in total. The SMILES string of the molecule is CC(C)CC(N)P(=O)(O)O.Cl. The van der Waals surface area contributed by atoms with Gasteiger partial charge in [0, 0.05) is 0 Å². The van der Waals surface area contributed by atoms with Crippen molar-refractivity contribution in [3.05, 3.63) is 0 Å². The lowest BCUT2D eigenvalue weighted by Crippen LogP contribution is -2.21. The van der Waals surface area contributed by atoms with Crippen molar-refractivity contribution >= 4 is 20.0 Å². The smallest absolute Gasteiger partial charge is 0.323 e. The summed E-state index contributed by atoms with van der Waals surface area (Å²) in [6, 6.07) is 0. The Balaban J connectivity index is 0. The zero-order valence-corrected chi connectivity index (χ0v) is 8.31. The van der Waals surface area contributed by atoms with Crippen LogP contribution in [0.5, 0.6) is 0 Å². The highest BCUT2D eigenvalue weighted by Gasteiger charge is 2.24. The quantitative estimate of drug-likeness (QED) is 0.596. The van der Waals surface area contributed by atoms with Gasteiger partial charge in [0.1, 0.15) is 5.78 Å². The zero-order valence-electron chi connectivity index (χ0n) is 6.60. The van der Waals surface area contributed by atoms with Crippen molar-refractivity contribution < 1.29 is 14.4 Å². The van der Waals surface area contributed by atoms with Gasteiger partial charge in [-0.1, -0.05) is 13.8 Å². The minimum Gasteiger partial charge on any atom is -0.323 e. The predicted molar refractivity (Wildman–Crippen MR) is 46.7 cm³/mol. The molecule has 0 rings (SSSR count). The van der Waals surface area contributed by atoms with Crippen molar-refractivity contribution in [3.63, 3.8) is 0 Å². The predicted octanol–water partition coefficient (Wildman–Crippen LogP) is 0.917. The second-order valence-electron chi connectivity index (χ2n) is 2.79. The molecule has 70 valence electrons. The molecule has 0 spiro atoms. The lowest BCUT2D eigenvalue weighted by Gasteiger charge is -2.14. The molecule has 0 saturated carbocycles. The van der Waals surface area contributed by atoms with E-state index in [2.05, 4.69) is 0 Å². The molecule has 0 bridgehead atoms. The zero-order chi connectivity index (χ0) is 8.36. The molecule has 4 N–H and O–H groups in total. The number of halogens is 1. The summed E-state index contributed by atoms with van der Waals surface area (Å²) in [5.74, 6) is -0.768. The van der Waals surface area contributed by atoms with Crippen LogP contribution >= 0.6 is 20.0 Å². The molecule has 0 aliphatic rings. The van der Waals surface area contributed by atoms with Gasteiger partial charge >= 0.3 is 7.60 Å². The first-order valence-corrected chi connectivity index (χ1v) is 4.83. The van der Waals surface area contributed by atoms with Crippen LogP contribution in [0.1, 0.15) is 20.3 Å². The molecule has 1 unspecified atom stereocenters. The lowest BCUT2D eigenvalue weighted by atomic mass is 10.1. The van der Waals surface area contributed by atoms with Crippen molar-refractivity contribution in [1.29, 1.82) is 0 Å². The second-order valence-corrected chi connectivity index (χ2v) is 4.63. The van der Waals surface area contributed by atoms with Crippen LogP contribution in [-0.2, 0) is 4.57 Å². The molecule has 11 heavy (non-hydrogen) atoms. The highest BCUT2D eigenvalue weighted by Crippen LogP contribution is 2.40. The number of nitrogens with two attached hydrogens (primary N) is 1. The largest absolute Gasteiger partial charge is 0.342 e. The first-order chi connectivity index (χ1) is 4.34. The topological polar surface area (TPSA) is 83.6 Å². The maximum atomic E-state index is 10.4. The van der Waals surface area contributed by atoms with Crippen molar-refractivity contribution in [2.75, 3.05) is 0 Å². The number of hydrogen-bond donors (Lipinski definition) is 3. The van der Waals surface area contributed by atoms with E-state index in [4.69, 9.17) is 15.5 Å². The summed E-state index contributed by atoms with van der Waals surface area (Å²) in [6.45, 7) is 3.74. The minimum atomic E-state index is -4.03. The van der Waals surface area contributed by atoms with Crippen LogP contribution in [0, 0.1) is 5.92 Å². The summed E-state index contributed by atoms with van der Waals surface area (Å²) in [5.41, 5.74) is 5.19. The van der Waals surface area contributed by atoms with Crippen LogP contribution in [0.15, 0.2) is 0 Å². The first kappa shape index (κ1) is 14.0. The molecule has 0 aromatic carbocycles. The molecule has 0 aliphatic heterocycles. The third-order valence-corrected chi connectivity index (χ3v) is 2.22. The normalized spacial score (nSPS) is 14.4. The number of hydrogen-bond acceptors (Lipinski definition) is 2. The molecule has 0 amide bonds. The Morgan fingerprint density at radius 3 is 1.91 bits per heavy atom. The van der Waals surface area contributed by atoms with Gasteiger partial charge in [0.2, 0.25) is 0 Å². The molecule has 0 fully saturated rings. The fourth-order valence-corrected chi connectivity index (χ4v) is 1.32. The fraction of sp³-hybridized carbons (Fsp3) is 1.00. The van der Waals surface area contributed by atoms with Crippen molar-refractivity contribution in [1.82, 2.24) is 0 Å². The third kappa shape index (κ3) is 6.78. The molecule has 0 radical (unpaired) electrons. The Hall–Kier alpha value is 0.400. The van der Waals surface area contributed by atoms with Gasteiger partial charge in [-0.25, -0.2) is 0 Å². The van der Waals surface area contributed by atoms with E-state index in [1.807, 2.05) is 13.8 Å². The Labute approximate surface area is 72.7 Å². The van der Waals surface area contributed by atoms with Gasteiger partial charge in [0.05, 0.1) is 0 Å². The maximum absolute atomic E-state index is 10.4. The van der Waals surface area contributed by atoms with E-state index in [1.165, 1.54) is 0 Å². The minimum absolute atomic E-state index is 0. The standard InChI is InChI=1S/C5H14NO3P.ClH/c1-4(2)3-5(6)10(7,8)9;/h4-5H,3,6H2,1-2H3,(H2,7,8,9);1H. The van der Waals surface area contributed by atoms with Crippen LogP contribution in [0.4, 0.5) is 0 Å². The van der Waals surface area contributed by atoms with Gasteiger partial charge in [-0.2, -0.15) is 0 Å². The maximum Gasteiger partial charge on any atom is 0.342 e. The molecule has 0 saturated heterocycles. The molecule has 0 aliphatic carbocycles. The molecular weight excluding hydrogens is 188 g/mol. The van der Waals surface area contributed by atoms with Crippen LogP contribution < -0.4 is 5.73 Å². The van der Waals surface area contributed by atoms with Crippen LogP contribution in [0.3, 0.4) is 0 Å². The molecule has 0 aromatic rings. The van der Waals surface area contributed by atoms with E-state index in [1.54, 1.807) is 0 Å². The average Bonchev–Trinajstić information content (AvgIpc) is 1.60. The monoisotopic (exact) mass is 203 g/mol. The summed E-state index contributed by atoms with van der Waals surface area (Å²) >= 11 is 0. The summed E-state index contributed by atoms with van der Waals surface area (Å²) in [7, 11) is -4.03. The molecule has 0 heterocycles. The van der Waals surface area contributed by atoms with Crippen molar-refractivity contribution in [2.24, 2.45) is 11.7 Å². The summed E-state index contributed by atoms with van der Waals surface area (Å²) < 4.78 is 10.4. The highest BCUT2D eigenvalue weighted by molar-refractivity contribution is 7.52. The van der Waals surface area contributed by atoms with Crippen LogP contribution in [0.25, 0.3) is 0 Å². The average molecular weight is 204 g/mol. The van der Waals surface area contributed by atoms with Gasteiger partial charge < -0.3 is 15.5 Å². The summed E-state index contributed by atoms with van der Waals surface area (Å²) in [4.78, 5) is 17.0. The third-order valence-electron chi connectivity index (χ3n) is 1.14. The molecular formula is C5H15ClNO3P. The fourth-order valence-electron chi connectivity index (χ4n) is 0.620.